The Morgan fingerprint density at radius 3 is 2.38 bits per heavy atom. The predicted octanol–water partition coefficient (Wildman–Crippen LogP) is 1.91. The number of para-hydroxylation sites is 1. The van der Waals surface area contributed by atoms with Gasteiger partial charge in [-0.2, -0.15) is 5.10 Å². The standard InChI is InChI=1S/C22H25N5O2/c1-23-22(29)21(18-9-5-3-6-10-18)25-20(28)16-26(2)14-17-13-24-27(15-17)19-11-7-4-8-12-19/h3-13,15,21H,14,16H2,1-2H3,(H,23,29)(H,25,28). The number of likely N-dealkylation sites (N-methyl/N-ethyl adjacent to an activating group) is 2. The molecular formula is C22H25N5O2. The molecule has 0 fully saturated rings. The number of rotatable bonds is 8. The van der Waals surface area contributed by atoms with Crippen molar-refractivity contribution in [2.75, 3.05) is 20.6 Å². The predicted molar refractivity (Wildman–Crippen MR) is 111 cm³/mol. The van der Waals surface area contributed by atoms with E-state index < -0.39 is 6.04 Å². The van der Waals surface area contributed by atoms with Gasteiger partial charge in [0.15, 0.2) is 0 Å². The van der Waals surface area contributed by atoms with Gasteiger partial charge in [-0.1, -0.05) is 48.5 Å². The van der Waals surface area contributed by atoms with E-state index in [9.17, 15) is 9.59 Å². The van der Waals surface area contributed by atoms with E-state index in [-0.39, 0.29) is 18.4 Å². The van der Waals surface area contributed by atoms with Crippen molar-refractivity contribution in [2.24, 2.45) is 0 Å². The summed E-state index contributed by atoms with van der Waals surface area (Å²) in [5, 5.41) is 9.80. The van der Waals surface area contributed by atoms with Crippen LogP contribution in [0.5, 0.6) is 0 Å². The summed E-state index contributed by atoms with van der Waals surface area (Å²) < 4.78 is 1.81. The molecule has 0 radical (unpaired) electrons. The van der Waals surface area contributed by atoms with Crippen molar-refractivity contribution >= 4 is 11.8 Å². The molecule has 0 saturated carbocycles. The minimum atomic E-state index is -0.720. The zero-order valence-corrected chi connectivity index (χ0v) is 16.6. The highest BCUT2D eigenvalue weighted by molar-refractivity contribution is 5.89. The van der Waals surface area contributed by atoms with E-state index in [2.05, 4.69) is 15.7 Å². The Bertz CT molecular complexity index is 940. The summed E-state index contributed by atoms with van der Waals surface area (Å²) in [6.07, 6.45) is 3.74. The molecule has 1 aromatic heterocycles. The van der Waals surface area contributed by atoms with E-state index >= 15 is 0 Å². The third-order valence-electron chi connectivity index (χ3n) is 4.47. The van der Waals surface area contributed by atoms with Crippen LogP contribution in [0.25, 0.3) is 5.69 Å². The van der Waals surface area contributed by atoms with Crippen LogP contribution in [0.3, 0.4) is 0 Å². The van der Waals surface area contributed by atoms with Crippen molar-refractivity contribution in [3.05, 3.63) is 84.2 Å². The van der Waals surface area contributed by atoms with Gasteiger partial charge in [0, 0.05) is 25.4 Å². The molecule has 7 heteroatoms. The minimum Gasteiger partial charge on any atom is -0.357 e. The van der Waals surface area contributed by atoms with Crippen molar-refractivity contribution in [1.82, 2.24) is 25.3 Å². The smallest absolute Gasteiger partial charge is 0.246 e. The Labute approximate surface area is 170 Å². The maximum atomic E-state index is 12.5. The third-order valence-corrected chi connectivity index (χ3v) is 4.47. The molecule has 3 rings (SSSR count). The number of benzene rings is 2. The Morgan fingerprint density at radius 2 is 1.72 bits per heavy atom. The number of amides is 2. The molecule has 2 amide bonds. The molecule has 0 aliphatic rings. The normalized spacial score (nSPS) is 11.8. The van der Waals surface area contributed by atoms with E-state index in [1.165, 1.54) is 0 Å². The van der Waals surface area contributed by atoms with Gasteiger partial charge in [-0.15, -0.1) is 0 Å². The van der Waals surface area contributed by atoms with Crippen molar-refractivity contribution < 1.29 is 9.59 Å². The maximum absolute atomic E-state index is 12.5. The Balaban J connectivity index is 1.58. The molecular weight excluding hydrogens is 366 g/mol. The molecule has 1 heterocycles. The monoisotopic (exact) mass is 391 g/mol. The first-order valence-corrected chi connectivity index (χ1v) is 9.40. The lowest BCUT2D eigenvalue weighted by Crippen LogP contribution is -2.42. The van der Waals surface area contributed by atoms with E-state index in [1.807, 2.05) is 78.8 Å². The van der Waals surface area contributed by atoms with Crippen LogP contribution in [-0.2, 0) is 16.1 Å². The van der Waals surface area contributed by atoms with Gasteiger partial charge in [0.1, 0.15) is 6.04 Å². The van der Waals surface area contributed by atoms with Crippen molar-refractivity contribution in [3.8, 4) is 5.69 Å². The van der Waals surface area contributed by atoms with Gasteiger partial charge in [0.2, 0.25) is 11.8 Å². The number of hydrogen-bond donors (Lipinski definition) is 2. The zero-order valence-electron chi connectivity index (χ0n) is 16.6. The molecule has 29 heavy (non-hydrogen) atoms. The van der Waals surface area contributed by atoms with E-state index in [4.69, 9.17) is 0 Å². The topological polar surface area (TPSA) is 79.3 Å². The van der Waals surface area contributed by atoms with Crippen molar-refractivity contribution in [3.63, 3.8) is 0 Å². The quantitative estimate of drug-likeness (QED) is 0.615. The summed E-state index contributed by atoms with van der Waals surface area (Å²) in [4.78, 5) is 26.6. The van der Waals surface area contributed by atoms with Crippen LogP contribution in [0.1, 0.15) is 17.2 Å². The molecule has 3 aromatic rings. The maximum Gasteiger partial charge on any atom is 0.246 e. The fourth-order valence-corrected chi connectivity index (χ4v) is 3.07. The summed E-state index contributed by atoms with van der Waals surface area (Å²) in [5.41, 5.74) is 2.72. The number of hydrogen-bond acceptors (Lipinski definition) is 4. The van der Waals surface area contributed by atoms with E-state index in [1.54, 1.807) is 17.9 Å². The molecule has 0 aliphatic heterocycles. The Hall–Kier alpha value is -3.45. The molecule has 0 saturated heterocycles. The molecule has 2 aromatic carbocycles. The van der Waals surface area contributed by atoms with Gasteiger partial charge < -0.3 is 10.6 Å². The first kappa shape index (κ1) is 20.3. The second-order valence-electron chi connectivity index (χ2n) is 6.83. The van der Waals surface area contributed by atoms with Crippen LogP contribution in [-0.4, -0.2) is 47.1 Å². The highest BCUT2D eigenvalue weighted by atomic mass is 16.2. The number of nitrogens with one attached hydrogen (secondary N) is 2. The third kappa shape index (κ3) is 5.52. The van der Waals surface area contributed by atoms with E-state index in [0.29, 0.717) is 6.54 Å². The summed E-state index contributed by atoms with van der Waals surface area (Å²) in [7, 11) is 3.41. The highest BCUT2D eigenvalue weighted by Gasteiger charge is 2.22. The number of carbonyl (C=O) groups excluding carboxylic acids is 2. The van der Waals surface area contributed by atoms with Gasteiger partial charge in [0.25, 0.3) is 0 Å². The molecule has 0 spiro atoms. The highest BCUT2D eigenvalue weighted by Crippen LogP contribution is 2.13. The van der Waals surface area contributed by atoms with Gasteiger partial charge >= 0.3 is 0 Å². The van der Waals surface area contributed by atoms with Crippen molar-refractivity contribution in [1.29, 1.82) is 0 Å². The average Bonchev–Trinajstić information content (AvgIpc) is 3.21. The number of nitrogens with zero attached hydrogens (tertiary/aromatic N) is 3. The van der Waals surface area contributed by atoms with Crippen LogP contribution in [0.2, 0.25) is 0 Å². The second kappa shape index (κ2) is 9.66. The lowest BCUT2D eigenvalue weighted by atomic mass is 10.1. The second-order valence-corrected chi connectivity index (χ2v) is 6.83. The molecule has 0 bridgehead atoms. The molecule has 150 valence electrons. The summed E-state index contributed by atoms with van der Waals surface area (Å²) >= 11 is 0. The lowest BCUT2D eigenvalue weighted by molar-refractivity contribution is -0.129. The molecule has 1 unspecified atom stereocenters. The van der Waals surface area contributed by atoms with Crippen LogP contribution in [0.4, 0.5) is 0 Å². The van der Waals surface area contributed by atoms with Gasteiger partial charge in [-0.25, -0.2) is 4.68 Å². The Morgan fingerprint density at radius 1 is 1.07 bits per heavy atom. The first-order chi connectivity index (χ1) is 14.1. The SMILES string of the molecule is CNC(=O)C(NC(=O)CN(C)Cc1cnn(-c2ccccc2)c1)c1ccccc1. The lowest BCUT2D eigenvalue weighted by Gasteiger charge is -2.20. The molecule has 7 nitrogen and oxygen atoms in total. The van der Waals surface area contributed by atoms with Crippen LogP contribution in [0, 0.1) is 0 Å². The molecule has 1 atom stereocenters. The van der Waals surface area contributed by atoms with Crippen molar-refractivity contribution in [2.45, 2.75) is 12.6 Å². The van der Waals surface area contributed by atoms with Gasteiger partial charge in [0.05, 0.1) is 18.4 Å². The Kier molecular flexibility index (Phi) is 6.76. The minimum absolute atomic E-state index is 0.164. The number of carbonyl (C=O) groups is 2. The molecule has 2 N–H and O–H groups in total. The zero-order chi connectivity index (χ0) is 20.6. The summed E-state index contributed by atoms with van der Waals surface area (Å²) in [6, 6.07) is 18.3. The van der Waals surface area contributed by atoms with Gasteiger partial charge in [-0.05, 0) is 24.7 Å². The number of aromatic nitrogens is 2. The summed E-state index contributed by atoms with van der Waals surface area (Å²) in [6.45, 7) is 0.729. The average molecular weight is 391 g/mol. The molecule has 0 aliphatic carbocycles. The van der Waals surface area contributed by atoms with Crippen LogP contribution >= 0.6 is 0 Å². The largest absolute Gasteiger partial charge is 0.357 e. The fraction of sp³-hybridized carbons (Fsp3) is 0.227. The summed E-state index contributed by atoms with van der Waals surface area (Å²) in [5.74, 6) is -0.475. The van der Waals surface area contributed by atoms with Gasteiger partial charge in [-0.3, -0.25) is 14.5 Å². The van der Waals surface area contributed by atoms with Crippen LogP contribution in [0.15, 0.2) is 73.1 Å². The fourth-order valence-electron chi connectivity index (χ4n) is 3.07. The van der Waals surface area contributed by atoms with Crippen LogP contribution < -0.4 is 10.6 Å². The first-order valence-electron chi connectivity index (χ1n) is 9.40. The van der Waals surface area contributed by atoms with E-state index in [0.717, 1.165) is 16.8 Å².